The second-order valence-electron chi connectivity index (χ2n) is 3.59. The first kappa shape index (κ1) is 10.8. The van der Waals surface area contributed by atoms with Gasteiger partial charge in [0.25, 0.3) is 0 Å². The molecule has 0 saturated carbocycles. The quantitative estimate of drug-likeness (QED) is 0.666. The molecule has 0 atom stereocenters. The van der Waals surface area contributed by atoms with Crippen LogP contribution in [0.2, 0.25) is 0 Å². The minimum absolute atomic E-state index is 0.645. The Kier molecular flexibility index (Phi) is 3.18. The fraction of sp³-hybridized carbons (Fsp3) is 0.154. The van der Waals surface area contributed by atoms with Crippen molar-refractivity contribution < 1.29 is 0 Å². The van der Waals surface area contributed by atoms with Gasteiger partial charge >= 0.3 is 0 Å². The molecule has 15 heavy (non-hydrogen) atoms. The number of halogens is 2. The van der Waals surface area contributed by atoms with E-state index in [4.69, 9.17) is 23.2 Å². The summed E-state index contributed by atoms with van der Waals surface area (Å²) in [5, 5.41) is 1.29. The lowest BCUT2D eigenvalue weighted by Gasteiger charge is -2.14. The average molecular weight is 238 g/mol. The fourth-order valence-electron chi connectivity index (χ4n) is 1.57. The first-order chi connectivity index (χ1) is 7.18. The SMILES string of the molecule is Cc1ccc(C2=C(Cl)C(Cl)=CC[CH]2)cc1. The Labute approximate surface area is 100 Å². The standard InChI is InChI=1S/C13H11Cl2/c1-9-5-7-10(8-6-9)11-3-2-4-12(14)13(11)15/h3-8H,2H2,1H3. The normalized spacial score (nSPS) is 16.6. The van der Waals surface area contributed by atoms with Crippen LogP contribution in [-0.2, 0) is 0 Å². The summed E-state index contributed by atoms with van der Waals surface area (Å²) in [4.78, 5) is 0. The van der Waals surface area contributed by atoms with Gasteiger partial charge in [0.05, 0.1) is 10.1 Å². The molecule has 1 aromatic carbocycles. The number of hydrogen-bond donors (Lipinski definition) is 0. The van der Waals surface area contributed by atoms with E-state index in [1.54, 1.807) is 0 Å². The highest BCUT2D eigenvalue weighted by molar-refractivity contribution is 6.46. The van der Waals surface area contributed by atoms with Crippen molar-refractivity contribution in [3.8, 4) is 0 Å². The molecule has 0 aromatic heterocycles. The second-order valence-corrected chi connectivity index (χ2v) is 4.37. The summed E-state index contributed by atoms with van der Waals surface area (Å²) in [6.07, 6.45) is 4.86. The van der Waals surface area contributed by atoms with Crippen LogP contribution >= 0.6 is 23.2 Å². The molecule has 0 saturated heterocycles. The summed E-state index contributed by atoms with van der Waals surface area (Å²) >= 11 is 12.1. The lowest BCUT2D eigenvalue weighted by atomic mass is 9.96. The summed E-state index contributed by atoms with van der Waals surface area (Å²) in [6.45, 7) is 2.07. The van der Waals surface area contributed by atoms with Crippen molar-refractivity contribution in [3.63, 3.8) is 0 Å². The van der Waals surface area contributed by atoms with E-state index in [-0.39, 0.29) is 0 Å². The molecule has 0 spiro atoms. The lowest BCUT2D eigenvalue weighted by Crippen LogP contribution is -1.94. The number of benzene rings is 1. The van der Waals surface area contributed by atoms with Gasteiger partial charge in [-0.25, -0.2) is 0 Å². The maximum atomic E-state index is 6.16. The third-order valence-corrected chi connectivity index (χ3v) is 3.27. The van der Waals surface area contributed by atoms with Crippen molar-refractivity contribution in [1.29, 1.82) is 0 Å². The lowest BCUT2D eigenvalue weighted by molar-refractivity contribution is 1.26. The van der Waals surface area contributed by atoms with E-state index in [1.807, 2.05) is 6.08 Å². The molecule has 1 radical (unpaired) electrons. The topological polar surface area (TPSA) is 0 Å². The van der Waals surface area contributed by atoms with Gasteiger partial charge in [-0.3, -0.25) is 0 Å². The van der Waals surface area contributed by atoms with E-state index in [0.29, 0.717) is 10.1 Å². The van der Waals surface area contributed by atoms with E-state index >= 15 is 0 Å². The summed E-state index contributed by atoms with van der Waals surface area (Å²) in [7, 11) is 0. The van der Waals surface area contributed by atoms with Crippen LogP contribution in [0.3, 0.4) is 0 Å². The van der Waals surface area contributed by atoms with Crippen molar-refractivity contribution >= 4 is 28.8 Å². The summed E-state index contributed by atoms with van der Waals surface area (Å²) in [5.41, 5.74) is 3.40. The zero-order chi connectivity index (χ0) is 10.8. The average Bonchev–Trinajstić information content (AvgIpc) is 2.24. The van der Waals surface area contributed by atoms with E-state index < -0.39 is 0 Å². The van der Waals surface area contributed by atoms with Gasteiger partial charge in [-0.05, 0) is 30.9 Å². The van der Waals surface area contributed by atoms with E-state index in [2.05, 4.69) is 37.6 Å². The second kappa shape index (κ2) is 4.42. The van der Waals surface area contributed by atoms with Gasteiger partial charge in [0.2, 0.25) is 0 Å². The maximum Gasteiger partial charge on any atom is 0.0630 e. The van der Waals surface area contributed by atoms with Gasteiger partial charge in [0.1, 0.15) is 0 Å². The van der Waals surface area contributed by atoms with Crippen LogP contribution in [0.1, 0.15) is 17.5 Å². The largest absolute Gasteiger partial charge is 0.0831 e. The molecule has 0 fully saturated rings. The number of allylic oxidation sites excluding steroid dienone is 4. The van der Waals surface area contributed by atoms with Crippen molar-refractivity contribution in [1.82, 2.24) is 0 Å². The molecule has 1 aliphatic rings. The van der Waals surface area contributed by atoms with Crippen LogP contribution < -0.4 is 0 Å². The van der Waals surface area contributed by atoms with Gasteiger partial charge in [0, 0.05) is 0 Å². The number of rotatable bonds is 1. The molecule has 77 valence electrons. The van der Waals surface area contributed by atoms with Crippen molar-refractivity contribution in [3.05, 3.63) is 58.0 Å². The molecule has 0 amide bonds. The van der Waals surface area contributed by atoms with E-state index in [0.717, 1.165) is 17.6 Å². The van der Waals surface area contributed by atoms with E-state index in [9.17, 15) is 0 Å². The molecule has 2 heteroatoms. The van der Waals surface area contributed by atoms with Crippen LogP contribution in [-0.4, -0.2) is 0 Å². The van der Waals surface area contributed by atoms with Crippen molar-refractivity contribution in [2.24, 2.45) is 0 Å². The van der Waals surface area contributed by atoms with Crippen LogP contribution in [0.25, 0.3) is 5.57 Å². The summed E-state index contributed by atoms with van der Waals surface area (Å²) < 4.78 is 0. The number of aryl methyl sites for hydroxylation is 1. The molecule has 2 rings (SSSR count). The molecule has 0 bridgehead atoms. The first-order valence-electron chi connectivity index (χ1n) is 4.84. The molecule has 0 N–H and O–H groups in total. The Morgan fingerprint density at radius 3 is 2.40 bits per heavy atom. The monoisotopic (exact) mass is 237 g/mol. The number of hydrogen-bond acceptors (Lipinski definition) is 0. The zero-order valence-corrected chi connectivity index (χ0v) is 9.94. The molecule has 0 aliphatic heterocycles. The minimum atomic E-state index is 0.645. The molecule has 0 heterocycles. The van der Waals surface area contributed by atoms with Crippen LogP contribution in [0, 0.1) is 13.3 Å². The third kappa shape index (κ3) is 2.27. The molecule has 0 nitrogen and oxygen atoms in total. The first-order valence-corrected chi connectivity index (χ1v) is 5.60. The predicted molar refractivity (Wildman–Crippen MR) is 66.8 cm³/mol. The van der Waals surface area contributed by atoms with Gasteiger partial charge in [0.15, 0.2) is 0 Å². The highest BCUT2D eigenvalue weighted by atomic mass is 35.5. The molecule has 1 aliphatic carbocycles. The van der Waals surface area contributed by atoms with Crippen LogP contribution in [0.5, 0.6) is 0 Å². The third-order valence-electron chi connectivity index (χ3n) is 2.43. The zero-order valence-electron chi connectivity index (χ0n) is 8.43. The van der Waals surface area contributed by atoms with Gasteiger partial charge in [-0.15, -0.1) is 0 Å². The molecular formula is C13H11Cl2. The van der Waals surface area contributed by atoms with Gasteiger partial charge < -0.3 is 0 Å². The molecular weight excluding hydrogens is 227 g/mol. The Bertz CT molecular complexity index is 424. The Morgan fingerprint density at radius 1 is 1.07 bits per heavy atom. The summed E-state index contributed by atoms with van der Waals surface area (Å²) in [6, 6.07) is 8.29. The highest BCUT2D eigenvalue weighted by Gasteiger charge is 2.14. The fourth-order valence-corrected chi connectivity index (χ4v) is 2.02. The van der Waals surface area contributed by atoms with Crippen LogP contribution in [0.4, 0.5) is 0 Å². The van der Waals surface area contributed by atoms with Crippen molar-refractivity contribution in [2.75, 3.05) is 0 Å². The molecule has 1 aromatic rings. The predicted octanol–water partition coefficient (Wildman–Crippen LogP) is 4.68. The van der Waals surface area contributed by atoms with Crippen LogP contribution in [0.15, 0.2) is 40.4 Å². The summed E-state index contributed by atoms with van der Waals surface area (Å²) in [5.74, 6) is 0. The Balaban J connectivity index is 2.42. The minimum Gasteiger partial charge on any atom is -0.0831 e. The smallest absolute Gasteiger partial charge is 0.0630 e. The highest BCUT2D eigenvalue weighted by Crippen LogP contribution is 2.35. The molecule has 0 unspecified atom stereocenters. The Hall–Kier alpha value is -0.720. The Morgan fingerprint density at radius 2 is 1.73 bits per heavy atom. The van der Waals surface area contributed by atoms with E-state index in [1.165, 1.54) is 5.56 Å². The van der Waals surface area contributed by atoms with Crippen molar-refractivity contribution in [2.45, 2.75) is 13.3 Å². The maximum absolute atomic E-state index is 6.16. The van der Waals surface area contributed by atoms with Gasteiger partial charge in [-0.1, -0.05) is 59.1 Å². The van der Waals surface area contributed by atoms with Gasteiger partial charge in [-0.2, -0.15) is 0 Å².